The highest BCUT2D eigenvalue weighted by molar-refractivity contribution is 9.10. The van der Waals surface area contributed by atoms with Gasteiger partial charge in [0.05, 0.1) is 39.6 Å². The van der Waals surface area contributed by atoms with Crippen molar-refractivity contribution >= 4 is 27.8 Å². The lowest BCUT2D eigenvalue weighted by molar-refractivity contribution is 0.0157. The number of alkyl carbamates (subject to hydrolysis) is 1. The van der Waals surface area contributed by atoms with Gasteiger partial charge in [-0.3, -0.25) is 0 Å². The highest BCUT2D eigenvalue weighted by Gasteiger charge is 2.15. The molecule has 0 bridgehead atoms. The van der Waals surface area contributed by atoms with Crippen molar-refractivity contribution in [1.82, 2.24) is 10.3 Å². The number of carbonyl (C=O) groups excluding carboxylic acids is 1. The highest BCUT2D eigenvalue weighted by atomic mass is 79.9. The van der Waals surface area contributed by atoms with Crippen LogP contribution in [0.1, 0.15) is 20.8 Å². The Morgan fingerprint density at radius 2 is 1.59 bits per heavy atom. The summed E-state index contributed by atoms with van der Waals surface area (Å²) in [7, 11) is 0. The van der Waals surface area contributed by atoms with E-state index in [1.54, 1.807) is 6.20 Å². The minimum atomic E-state index is -0.493. The number of hydrogen-bond donors (Lipinski definition) is 2. The Balaban J connectivity index is 1.81. The monoisotopic (exact) mass is 447 g/mol. The number of carbonyl (C=O) groups is 1. The topological polar surface area (TPSA) is 90.9 Å². The minimum Gasteiger partial charge on any atom is -0.444 e. The van der Waals surface area contributed by atoms with E-state index in [4.69, 9.17) is 18.9 Å². The van der Waals surface area contributed by atoms with Crippen LogP contribution in [0.4, 0.5) is 10.6 Å². The summed E-state index contributed by atoms with van der Waals surface area (Å²) in [5.41, 5.74) is -0.493. The number of nitrogens with one attached hydrogen (secondary N) is 2. The van der Waals surface area contributed by atoms with Gasteiger partial charge in [0.2, 0.25) is 0 Å². The van der Waals surface area contributed by atoms with Crippen molar-refractivity contribution in [2.75, 3.05) is 58.0 Å². The molecule has 154 valence electrons. The molecular formula is C18H30BrN3O5. The maximum atomic E-state index is 11.4. The van der Waals surface area contributed by atoms with E-state index in [1.807, 2.05) is 32.9 Å². The first-order chi connectivity index (χ1) is 12.9. The Labute approximate surface area is 169 Å². The lowest BCUT2D eigenvalue weighted by Gasteiger charge is -2.19. The molecule has 0 saturated heterocycles. The van der Waals surface area contributed by atoms with Crippen LogP contribution in [0, 0.1) is 0 Å². The Morgan fingerprint density at radius 1 is 1.00 bits per heavy atom. The van der Waals surface area contributed by atoms with E-state index < -0.39 is 11.7 Å². The van der Waals surface area contributed by atoms with Crippen LogP contribution in [0.2, 0.25) is 0 Å². The van der Waals surface area contributed by atoms with Gasteiger partial charge in [0.25, 0.3) is 0 Å². The summed E-state index contributed by atoms with van der Waals surface area (Å²) < 4.78 is 22.3. The summed E-state index contributed by atoms with van der Waals surface area (Å²) in [5.74, 6) is 0.816. The molecule has 0 aliphatic heterocycles. The number of aromatic nitrogens is 1. The Bertz CT molecular complexity index is 523. The van der Waals surface area contributed by atoms with Gasteiger partial charge in [0.1, 0.15) is 11.4 Å². The number of rotatable bonds is 13. The van der Waals surface area contributed by atoms with Gasteiger partial charge in [-0.15, -0.1) is 0 Å². The Kier molecular flexibility index (Phi) is 12.0. The normalized spacial score (nSPS) is 11.3. The van der Waals surface area contributed by atoms with Crippen molar-refractivity contribution in [3.63, 3.8) is 0 Å². The molecule has 0 aliphatic rings. The van der Waals surface area contributed by atoms with Gasteiger partial charge in [-0.05, 0) is 48.8 Å². The molecule has 0 aromatic carbocycles. The minimum absolute atomic E-state index is 0.401. The third-order valence-corrected chi connectivity index (χ3v) is 3.41. The van der Waals surface area contributed by atoms with E-state index in [2.05, 4.69) is 31.5 Å². The molecular weight excluding hydrogens is 418 g/mol. The Morgan fingerprint density at radius 3 is 2.15 bits per heavy atom. The lowest BCUT2D eigenvalue weighted by Crippen LogP contribution is -2.34. The molecule has 1 aromatic heterocycles. The predicted molar refractivity (Wildman–Crippen MR) is 107 cm³/mol. The zero-order valence-corrected chi connectivity index (χ0v) is 17.8. The zero-order chi connectivity index (χ0) is 20.0. The fourth-order valence-corrected chi connectivity index (χ4v) is 2.05. The van der Waals surface area contributed by atoms with Crippen LogP contribution in [-0.2, 0) is 18.9 Å². The largest absolute Gasteiger partial charge is 0.444 e. The van der Waals surface area contributed by atoms with Crippen molar-refractivity contribution < 1.29 is 23.7 Å². The molecule has 0 atom stereocenters. The Hall–Kier alpha value is -1.42. The smallest absolute Gasteiger partial charge is 0.407 e. The van der Waals surface area contributed by atoms with Crippen LogP contribution in [0.5, 0.6) is 0 Å². The van der Waals surface area contributed by atoms with Crippen molar-refractivity contribution in [3.8, 4) is 0 Å². The zero-order valence-electron chi connectivity index (χ0n) is 16.3. The van der Waals surface area contributed by atoms with Crippen LogP contribution in [0.15, 0.2) is 22.8 Å². The molecule has 27 heavy (non-hydrogen) atoms. The molecule has 0 fully saturated rings. The summed E-state index contributed by atoms with van der Waals surface area (Å²) in [6.07, 6.45) is 1.30. The van der Waals surface area contributed by atoms with Gasteiger partial charge < -0.3 is 29.6 Å². The van der Waals surface area contributed by atoms with Crippen LogP contribution < -0.4 is 10.6 Å². The molecule has 9 heteroatoms. The summed E-state index contributed by atoms with van der Waals surface area (Å²) >= 11 is 3.34. The third-order valence-electron chi connectivity index (χ3n) is 2.94. The van der Waals surface area contributed by atoms with Crippen LogP contribution in [0.25, 0.3) is 0 Å². The van der Waals surface area contributed by atoms with E-state index in [1.165, 1.54) is 0 Å². The molecule has 1 amide bonds. The second-order valence-corrected chi connectivity index (χ2v) is 7.47. The first-order valence-electron chi connectivity index (χ1n) is 8.92. The molecule has 0 saturated carbocycles. The van der Waals surface area contributed by atoms with Crippen molar-refractivity contribution in [2.45, 2.75) is 26.4 Å². The molecule has 8 nitrogen and oxygen atoms in total. The fourth-order valence-electron chi connectivity index (χ4n) is 1.81. The molecule has 2 N–H and O–H groups in total. The highest BCUT2D eigenvalue weighted by Crippen LogP contribution is 2.09. The number of pyridine rings is 1. The van der Waals surface area contributed by atoms with Gasteiger partial charge in [0, 0.05) is 23.8 Å². The van der Waals surface area contributed by atoms with Crippen molar-refractivity contribution in [2.24, 2.45) is 0 Å². The predicted octanol–water partition coefficient (Wildman–Crippen LogP) is 2.83. The first-order valence-corrected chi connectivity index (χ1v) is 9.71. The number of hydrogen-bond acceptors (Lipinski definition) is 7. The SMILES string of the molecule is CC(C)(C)OC(=O)NCCOCCOCCOCCNc1ccc(Br)cn1. The fraction of sp³-hybridized carbons (Fsp3) is 0.667. The van der Waals surface area contributed by atoms with E-state index >= 15 is 0 Å². The summed E-state index contributed by atoms with van der Waals surface area (Å²) in [6, 6.07) is 3.83. The van der Waals surface area contributed by atoms with Crippen LogP contribution in [0.3, 0.4) is 0 Å². The number of amides is 1. The van der Waals surface area contributed by atoms with Gasteiger partial charge >= 0.3 is 6.09 Å². The van der Waals surface area contributed by atoms with Gasteiger partial charge in [-0.1, -0.05) is 0 Å². The maximum absolute atomic E-state index is 11.4. The van der Waals surface area contributed by atoms with Gasteiger partial charge in [0.15, 0.2) is 0 Å². The molecule has 0 radical (unpaired) electrons. The van der Waals surface area contributed by atoms with Crippen molar-refractivity contribution in [1.29, 1.82) is 0 Å². The summed E-state index contributed by atoms with van der Waals surface area (Å²) in [4.78, 5) is 15.6. The number of ether oxygens (including phenoxy) is 4. The van der Waals surface area contributed by atoms with E-state index in [0.29, 0.717) is 52.7 Å². The van der Waals surface area contributed by atoms with Gasteiger partial charge in [-0.2, -0.15) is 0 Å². The molecule has 0 unspecified atom stereocenters. The second-order valence-electron chi connectivity index (χ2n) is 6.55. The average Bonchev–Trinajstić information content (AvgIpc) is 2.59. The number of anilines is 1. The van der Waals surface area contributed by atoms with Crippen LogP contribution in [-0.4, -0.2) is 69.4 Å². The standard InChI is InChI=1S/C18H30BrN3O5/c1-18(2,3)27-17(23)21-7-9-25-11-13-26-12-10-24-8-6-20-16-5-4-15(19)14-22-16/h4-5,14H,6-13H2,1-3H3,(H,20,22)(H,21,23). The third kappa shape index (κ3) is 14.3. The molecule has 1 aromatic rings. The van der Waals surface area contributed by atoms with Gasteiger partial charge in [-0.25, -0.2) is 9.78 Å². The number of nitrogens with zero attached hydrogens (tertiary/aromatic N) is 1. The quantitative estimate of drug-likeness (QED) is 0.449. The lowest BCUT2D eigenvalue weighted by atomic mass is 10.2. The first kappa shape index (κ1) is 23.6. The average molecular weight is 448 g/mol. The maximum Gasteiger partial charge on any atom is 0.407 e. The molecule has 0 aliphatic carbocycles. The van der Waals surface area contributed by atoms with E-state index in [-0.39, 0.29) is 0 Å². The number of halogens is 1. The van der Waals surface area contributed by atoms with Crippen LogP contribution >= 0.6 is 15.9 Å². The molecule has 0 spiro atoms. The summed E-state index contributed by atoms with van der Waals surface area (Å²) in [5, 5.41) is 5.79. The second kappa shape index (κ2) is 13.7. The van der Waals surface area contributed by atoms with Crippen molar-refractivity contribution in [3.05, 3.63) is 22.8 Å². The summed E-state index contributed by atoms with van der Waals surface area (Å²) in [6.45, 7) is 9.51. The molecule has 1 heterocycles. The van der Waals surface area contributed by atoms with E-state index in [9.17, 15) is 4.79 Å². The van der Waals surface area contributed by atoms with E-state index in [0.717, 1.165) is 10.3 Å². The molecule has 1 rings (SSSR count).